The van der Waals surface area contributed by atoms with Gasteiger partial charge in [0.05, 0.1) is 17.3 Å². The predicted octanol–water partition coefficient (Wildman–Crippen LogP) is 4.21. The number of urea groups is 1. The lowest BCUT2D eigenvalue weighted by Gasteiger charge is -2.27. The van der Waals surface area contributed by atoms with Crippen molar-refractivity contribution in [3.8, 4) is 11.5 Å². The second kappa shape index (κ2) is 8.00. The highest BCUT2D eigenvalue weighted by Gasteiger charge is 2.37. The minimum Gasteiger partial charge on any atom is -0.503 e. The Balaban J connectivity index is 2.12. The number of imide groups is 2. The lowest BCUT2D eigenvalue weighted by atomic mass is 10.0. The second-order valence-electron chi connectivity index (χ2n) is 6.45. The van der Waals surface area contributed by atoms with E-state index in [1.165, 1.54) is 19.3 Å². The summed E-state index contributed by atoms with van der Waals surface area (Å²) in [6.07, 6.45) is 1.33. The molecule has 2 aromatic rings. The number of nitrogens with zero attached hydrogens (tertiary/aromatic N) is 1. The fraction of sp³-hybridized carbons (Fsp3) is 0.150. The summed E-state index contributed by atoms with van der Waals surface area (Å²) in [7, 11) is 1.38. The molecule has 2 N–H and O–H groups in total. The summed E-state index contributed by atoms with van der Waals surface area (Å²) in [5.74, 6) is -1.54. The number of hydrogen-bond donors (Lipinski definition) is 2. The van der Waals surface area contributed by atoms with Crippen LogP contribution in [0.5, 0.6) is 11.5 Å². The summed E-state index contributed by atoms with van der Waals surface area (Å²) in [6, 6.07) is 5.94. The number of rotatable bonds is 3. The molecule has 1 heterocycles. The molecule has 0 aromatic heterocycles. The van der Waals surface area contributed by atoms with Crippen LogP contribution in [0.15, 0.2) is 38.8 Å². The molecule has 29 heavy (non-hydrogen) atoms. The highest BCUT2D eigenvalue weighted by atomic mass is 79.9. The zero-order valence-corrected chi connectivity index (χ0v) is 18.8. The van der Waals surface area contributed by atoms with E-state index in [-0.39, 0.29) is 17.1 Å². The van der Waals surface area contributed by atoms with Crippen LogP contribution in [0.25, 0.3) is 6.08 Å². The van der Waals surface area contributed by atoms with Gasteiger partial charge in [0.1, 0.15) is 5.57 Å². The van der Waals surface area contributed by atoms with E-state index in [1.54, 1.807) is 12.1 Å². The number of hydrogen-bond acceptors (Lipinski definition) is 5. The van der Waals surface area contributed by atoms with E-state index < -0.39 is 17.8 Å². The second-order valence-corrected chi connectivity index (χ2v) is 8.03. The van der Waals surface area contributed by atoms with Gasteiger partial charge in [-0.05, 0) is 86.7 Å². The Morgan fingerprint density at radius 3 is 2.24 bits per heavy atom. The van der Waals surface area contributed by atoms with Crippen LogP contribution in [0.4, 0.5) is 10.5 Å². The number of carbonyl (C=O) groups excluding carboxylic acids is 3. The number of barbiturate groups is 1. The first-order chi connectivity index (χ1) is 13.6. The molecule has 0 aliphatic carbocycles. The number of benzene rings is 2. The van der Waals surface area contributed by atoms with Crippen LogP contribution in [0.2, 0.25) is 0 Å². The van der Waals surface area contributed by atoms with Crippen molar-refractivity contribution in [3.05, 3.63) is 55.5 Å². The van der Waals surface area contributed by atoms with Crippen LogP contribution in [0.1, 0.15) is 16.7 Å². The van der Waals surface area contributed by atoms with E-state index >= 15 is 0 Å². The molecule has 0 unspecified atom stereocenters. The molecule has 1 saturated heterocycles. The quantitative estimate of drug-likeness (QED) is 0.464. The van der Waals surface area contributed by atoms with Gasteiger partial charge >= 0.3 is 6.03 Å². The number of phenols is 1. The molecule has 9 heteroatoms. The molecular weight excluding hydrogens is 508 g/mol. The summed E-state index contributed by atoms with van der Waals surface area (Å²) in [5, 5.41) is 12.3. The molecule has 2 aromatic carbocycles. The Morgan fingerprint density at radius 1 is 1.03 bits per heavy atom. The molecule has 0 bridgehead atoms. The van der Waals surface area contributed by atoms with Gasteiger partial charge in [-0.1, -0.05) is 6.07 Å². The minimum atomic E-state index is -0.814. The molecule has 4 amide bonds. The van der Waals surface area contributed by atoms with Crippen molar-refractivity contribution >= 4 is 61.5 Å². The third-order valence-corrected chi connectivity index (χ3v) is 6.42. The van der Waals surface area contributed by atoms with Crippen molar-refractivity contribution in [1.29, 1.82) is 0 Å². The van der Waals surface area contributed by atoms with E-state index in [0.29, 0.717) is 20.2 Å². The number of nitrogens with one attached hydrogen (secondary N) is 1. The average molecular weight is 524 g/mol. The first-order valence-corrected chi connectivity index (χ1v) is 9.97. The van der Waals surface area contributed by atoms with Gasteiger partial charge in [0.25, 0.3) is 11.8 Å². The van der Waals surface area contributed by atoms with Crippen molar-refractivity contribution in [3.63, 3.8) is 0 Å². The van der Waals surface area contributed by atoms with E-state index in [1.807, 2.05) is 19.9 Å². The zero-order chi connectivity index (χ0) is 21.5. The summed E-state index contributed by atoms with van der Waals surface area (Å²) >= 11 is 6.56. The molecule has 150 valence electrons. The third kappa shape index (κ3) is 3.92. The number of methoxy groups -OCH3 is 1. The molecule has 1 aliphatic heterocycles. The first kappa shape index (κ1) is 21.1. The standard InChI is InChI=1S/C20H16Br2N2O5/c1-9-4-10(2)6-12(5-9)24-19(27)13(18(26)23-20(24)28)7-11-8-14(29-3)17(25)16(22)15(11)21/h4-8,25H,1-3H3,(H,23,26,28)/b13-7+. The maximum absolute atomic E-state index is 13.1. The van der Waals surface area contributed by atoms with Gasteiger partial charge in [0.2, 0.25) is 0 Å². The van der Waals surface area contributed by atoms with Crippen LogP contribution in [0, 0.1) is 13.8 Å². The van der Waals surface area contributed by atoms with Gasteiger partial charge in [-0.2, -0.15) is 0 Å². The fourth-order valence-corrected chi connectivity index (χ4v) is 3.84. The van der Waals surface area contributed by atoms with E-state index in [0.717, 1.165) is 16.0 Å². The molecule has 0 atom stereocenters. The molecule has 7 nitrogen and oxygen atoms in total. The van der Waals surface area contributed by atoms with E-state index in [4.69, 9.17) is 4.74 Å². The normalized spacial score (nSPS) is 15.7. The molecule has 1 aliphatic rings. The Kier molecular flexibility index (Phi) is 5.81. The minimum absolute atomic E-state index is 0.131. The van der Waals surface area contributed by atoms with Crippen molar-refractivity contribution < 1.29 is 24.2 Å². The van der Waals surface area contributed by atoms with Gasteiger partial charge in [-0.25, -0.2) is 9.69 Å². The van der Waals surface area contributed by atoms with Crippen LogP contribution >= 0.6 is 31.9 Å². The number of amides is 4. The maximum atomic E-state index is 13.1. The summed E-state index contributed by atoms with van der Waals surface area (Å²) in [6.45, 7) is 3.70. The summed E-state index contributed by atoms with van der Waals surface area (Å²) in [5.41, 5.74) is 2.28. The van der Waals surface area contributed by atoms with Gasteiger partial charge in [0.15, 0.2) is 11.5 Å². The van der Waals surface area contributed by atoms with Crippen LogP contribution in [-0.2, 0) is 9.59 Å². The maximum Gasteiger partial charge on any atom is 0.335 e. The number of anilines is 1. The van der Waals surface area contributed by atoms with E-state index in [9.17, 15) is 19.5 Å². The van der Waals surface area contributed by atoms with Crippen molar-refractivity contribution in [2.75, 3.05) is 12.0 Å². The Morgan fingerprint density at radius 2 is 1.66 bits per heavy atom. The number of ether oxygens (including phenoxy) is 1. The lowest BCUT2D eigenvalue weighted by molar-refractivity contribution is -0.122. The van der Waals surface area contributed by atoms with Gasteiger partial charge in [-0.15, -0.1) is 0 Å². The average Bonchev–Trinajstić information content (AvgIpc) is 2.64. The molecule has 3 rings (SSSR count). The van der Waals surface area contributed by atoms with Gasteiger partial charge < -0.3 is 9.84 Å². The third-order valence-electron chi connectivity index (χ3n) is 4.26. The molecule has 0 radical (unpaired) electrons. The number of aryl methyl sites for hydroxylation is 2. The van der Waals surface area contributed by atoms with Gasteiger partial charge in [-0.3, -0.25) is 14.9 Å². The zero-order valence-electron chi connectivity index (χ0n) is 15.7. The molecular formula is C20H16Br2N2O5. The Labute approximate surface area is 183 Å². The Hall–Kier alpha value is -2.65. The summed E-state index contributed by atoms with van der Waals surface area (Å²) < 4.78 is 5.83. The fourth-order valence-electron chi connectivity index (χ4n) is 3.00. The lowest BCUT2D eigenvalue weighted by Crippen LogP contribution is -2.54. The van der Waals surface area contributed by atoms with Gasteiger partial charge in [0, 0.05) is 4.47 Å². The Bertz CT molecular complexity index is 1070. The largest absolute Gasteiger partial charge is 0.503 e. The SMILES string of the molecule is COc1cc(/C=C2\C(=O)NC(=O)N(c3cc(C)cc(C)c3)C2=O)c(Br)c(Br)c1O. The van der Waals surface area contributed by atoms with Crippen molar-refractivity contribution in [1.82, 2.24) is 5.32 Å². The van der Waals surface area contributed by atoms with Crippen molar-refractivity contribution in [2.45, 2.75) is 13.8 Å². The van der Waals surface area contributed by atoms with Crippen LogP contribution in [-0.4, -0.2) is 30.1 Å². The topological polar surface area (TPSA) is 95.9 Å². The van der Waals surface area contributed by atoms with Crippen LogP contribution in [0.3, 0.4) is 0 Å². The van der Waals surface area contributed by atoms with Crippen LogP contribution < -0.4 is 15.0 Å². The number of halogens is 2. The first-order valence-electron chi connectivity index (χ1n) is 8.38. The van der Waals surface area contributed by atoms with E-state index in [2.05, 4.69) is 37.2 Å². The number of aromatic hydroxyl groups is 1. The monoisotopic (exact) mass is 522 g/mol. The molecule has 1 fully saturated rings. The predicted molar refractivity (Wildman–Crippen MR) is 115 cm³/mol. The molecule has 0 saturated carbocycles. The summed E-state index contributed by atoms with van der Waals surface area (Å²) in [4.78, 5) is 38.8. The highest BCUT2D eigenvalue weighted by molar-refractivity contribution is 9.13. The number of carbonyl (C=O) groups is 3. The number of phenolic OH excluding ortho intramolecular Hbond substituents is 1. The highest BCUT2D eigenvalue weighted by Crippen LogP contribution is 2.42. The molecule has 0 spiro atoms. The van der Waals surface area contributed by atoms with Crippen molar-refractivity contribution in [2.24, 2.45) is 0 Å². The smallest absolute Gasteiger partial charge is 0.335 e.